The van der Waals surface area contributed by atoms with Gasteiger partial charge in [0.1, 0.15) is 11.5 Å². The third kappa shape index (κ3) is 2.42. The predicted octanol–water partition coefficient (Wildman–Crippen LogP) is 2.31. The lowest BCUT2D eigenvalue weighted by Crippen LogP contribution is -1.94. The summed E-state index contributed by atoms with van der Waals surface area (Å²) in [7, 11) is 0. The van der Waals surface area contributed by atoms with Crippen molar-refractivity contribution in [1.82, 2.24) is 25.1 Å². The Labute approximate surface area is 110 Å². The van der Waals surface area contributed by atoms with E-state index in [2.05, 4.69) is 30.5 Å². The number of anilines is 2. The van der Waals surface area contributed by atoms with Gasteiger partial charge in [-0.3, -0.25) is 10.1 Å². The summed E-state index contributed by atoms with van der Waals surface area (Å²) < 4.78 is 0. The van der Waals surface area contributed by atoms with Crippen molar-refractivity contribution in [2.24, 2.45) is 0 Å². The summed E-state index contributed by atoms with van der Waals surface area (Å²) in [4.78, 5) is 12.8. The lowest BCUT2D eigenvalue weighted by atomic mass is 10.2. The molecule has 6 nitrogen and oxygen atoms in total. The quantitative estimate of drug-likeness (QED) is 0.747. The first-order chi connectivity index (χ1) is 9.33. The van der Waals surface area contributed by atoms with Gasteiger partial charge in [0, 0.05) is 12.4 Å². The van der Waals surface area contributed by atoms with E-state index in [9.17, 15) is 0 Å². The first-order valence-corrected chi connectivity index (χ1v) is 5.85. The summed E-state index contributed by atoms with van der Waals surface area (Å²) in [6, 6.07) is 9.47. The van der Waals surface area contributed by atoms with E-state index in [-0.39, 0.29) is 0 Å². The molecule has 0 amide bonds. The number of hydrogen-bond acceptors (Lipinski definition) is 5. The van der Waals surface area contributed by atoms with Crippen LogP contribution in [0.1, 0.15) is 5.56 Å². The molecule has 2 N–H and O–H groups in total. The summed E-state index contributed by atoms with van der Waals surface area (Å²) in [5.41, 5.74) is 1.84. The monoisotopic (exact) mass is 252 g/mol. The zero-order chi connectivity index (χ0) is 13.1. The molecule has 0 atom stereocenters. The van der Waals surface area contributed by atoms with Crippen molar-refractivity contribution in [2.75, 3.05) is 5.32 Å². The first-order valence-electron chi connectivity index (χ1n) is 5.85. The first kappa shape index (κ1) is 11.3. The summed E-state index contributed by atoms with van der Waals surface area (Å²) in [6.07, 6.45) is 3.44. The molecule has 0 saturated heterocycles. The van der Waals surface area contributed by atoms with Crippen molar-refractivity contribution in [2.45, 2.75) is 6.92 Å². The minimum Gasteiger partial charge on any atom is -0.307 e. The van der Waals surface area contributed by atoms with Crippen molar-refractivity contribution in [3.05, 3.63) is 48.3 Å². The molecule has 3 aromatic rings. The summed E-state index contributed by atoms with van der Waals surface area (Å²) >= 11 is 0. The average Bonchev–Trinajstić information content (AvgIpc) is 2.89. The van der Waals surface area contributed by atoms with Gasteiger partial charge in [-0.1, -0.05) is 12.1 Å². The van der Waals surface area contributed by atoms with E-state index in [4.69, 9.17) is 0 Å². The van der Waals surface area contributed by atoms with Gasteiger partial charge in [-0.2, -0.15) is 4.98 Å². The number of rotatable bonds is 3. The largest absolute Gasteiger partial charge is 0.307 e. The lowest BCUT2D eigenvalue weighted by Gasteiger charge is -1.99. The fourth-order valence-corrected chi connectivity index (χ4v) is 1.71. The van der Waals surface area contributed by atoms with Gasteiger partial charge in [0.15, 0.2) is 5.82 Å². The highest BCUT2D eigenvalue weighted by molar-refractivity contribution is 5.57. The van der Waals surface area contributed by atoms with E-state index in [0.717, 1.165) is 11.3 Å². The average molecular weight is 252 g/mol. The predicted molar refractivity (Wildman–Crippen MR) is 71.9 cm³/mol. The molecule has 0 aliphatic rings. The molecular formula is C13H12N6. The second-order valence-corrected chi connectivity index (χ2v) is 4.02. The Bertz CT molecular complexity index is 676. The molecule has 0 bridgehead atoms. The standard InChI is InChI=1S/C13H12N6/c1-9-5-4-8-15-11(9)12-17-13(19-18-12)16-10-6-2-3-7-14-10/h2-8H,1H3,(H2,14,16,17,18,19). The van der Waals surface area contributed by atoms with Gasteiger partial charge < -0.3 is 5.32 Å². The van der Waals surface area contributed by atoms with Gasteiger partial charge in [0.05, 0.1) is 0 Å². The maximum Gasteiger partial charge on any atom is 0.248 e. The molecule has 0 fully saturated rings. The van der Waals surface area contributed by atoms with Gasteiger partial charge in [0.2, 0.25) is 5.95 Å². The number of H-pyrrole nitrogens is 1. The van der Waals surface area contributed by atoms with Crippen LogP contribution in [0.2, 0.25) is 0 Å². The molecule has 19 heavy (non-hydrogen) atoms. The fourth-order valence-electron chi connectivity index (χ4n) is 1.71. The van der Waals surface area contributed by atoms with Crippen LogP contribution in [0.5, 0.6) is 0 Å². The van der Waals surface area contributed by atoms with Gasteiger partial charge in [-0.25, -0.2) is 4.98 Å². The Morgan fingerprint density at radius 1 is 1.05 bits per heavy atom. The summed E-state index contributed by atoms with van der Waals surface area (Å²) in [5, 5.41) is 9.99. The van der Waals surface area contributed by atoms with Crippen LogP contribution in [0.15, 0.2) is 42.7 Å². The van der Waals surface area contributed by atoms with Gasteiger partial charge in [0.25, 0.3) is 0 Å². The number of aromatic nitrogens is 5. The molecule has 0 aliphatic carbocycles. The molecule has 0 saturated carbocycles. The van der Waals surface area contributed by atoms with Crippen LogP contribution >= 0.6 is 0 Å². The molecule has 0 aromatic carbocycles. The minimum atomic E-state index is 0.471. The molecular weight excluding hydrogens is 240 g/mol. The van der Waals surface area contributed by atoms with Crippen LogP contribution in [0.4, 0.5) is 11.8 Å². The highest BCUT2D eigenvalue weighted by Gasteiger charge is 2.09. The van der Waals surface area contributed by atoms with Crippen LogP contribution in [-0.2, 0) is 0 Å². The molecule has 3 aromatic heterocycles. The number of nitrogens with zero attached hydrogens (tertiary/aromatic N) is 4. The van der Waals surface area contributed by atoms with E-state index in [1.54, 1.807) is 12.4 Å². The maximum absolute atomic E-state index is 4.36. The highest BCUT2D eigenvalue weighted by atomic mass is 15.3. The maximum atomic E-state index is 4.36. The molecule has 3 heterocycles. The molecule has 0 radical (unpaired) electrons. The van der Waals surface area contributed by atoms with Crippen LogP contribution < -0.4 is 5.32 Å². The van der Waals surface area contributed by atoms with Crippen molar-refractivity contribution in [3.8, 4) is 11.5 Å². The zero-order valence-electron chi connectivity index (χ0n) is 10.3. The van der Waals surface area contributed by atoms with E-state index >= 15 is 0 Å². The van der Waals surface area contributed by atoms with Crippen LogP contribution in [-0.4, -0.2) is 25.1 Å². The number of aromatic amines is 1. The van der Waals surface area contributed by atoms with Crippen molar-refractivity contribution < 1.29 is 0 Å². The number of nitrogens with one attached hydrogen (secondary N) is 2. The Kier molecular flexibility index (Phi) is 2.89. The Balaban J connectivity index is 1.86. The van der Waals surface area contributed by atoms with Gasteiger partial charge in [-0.05, 0) is 30.7 Å². The Morgan fingerprint density at radius 3 is 2.74 bits per heavy atom. The zero-order valence-corrected chi connectivity index (χ0v) is 10.3. The number of hydrogen-bond donors (Lipinski definition) is 2. The molecule has 94 valence electrons. The third-order valence-corrected chi connectivity index (χ3v) is 2.62. The van der Waals surface area contributed by atoms with Crippen LogP contribution in [0, 0.1) is 6.92 Å². The molecule has 0 spiro atoms. The number of aryl methyl sites for hydroxylation is 1. The van der Waals surface area contributed by atoms with Crippen molar-refractivity contribution >= 4 is 11.8 Å². The van der Waals surface area contributed by atoms with Crippen molar-refractivity contribution in [1.29, 1.82) is 0 Å². The minimum absolute atomic E-state index is 0.471. The second-order valence-electron chi connectivity index (χ2n) is 4.02. The topological polar surface area (TPSA) is 79.4 Å². The van der Waals surface area contributed by atoms with E-state index in [1.165, 1.54) is 0 Å². The van der Waals surface area contributed by atoms with E-state index < -0.39 is 0 Å². The summed E-state index contributed by atoms with van der Waals surface area (Å²) in [5.74, 6) is 1.81. The molecule has 6 heteroatoms. The number of pyridine rings is 2. The third-order valence-electron chi connectivity index (χ3n) is 2.62. The SMILES string of the molecule is Cc1cccnc1-c1nc(Nc2ccccn2)n[nH]1. The lowest BCUT2D eigenvalue weighted by molar-refractivity contribution is 1.08. The van der Waals surface area contributed by atoms with Crippen LogP contribution in [0.3, 0.4) is 0 Å². The van der Waals surface area contributed by atoms with Crippen molar-refractivity contribution in [3.63, 3.8) is 0 Å². The van der Waals surface area contributed by atoms with Gasteiger partial charge >= 0.3 is 0 Å². The molecule has 0 aliphatic heterocycles. The molecule has 3 rings (SSSR count). The highest BCUT2D eigenvalue weighted by Crippen LogP contribution is 2.18. The summed E-state index contributed by atoms with van der Waals surface area (Å²) in [6.45, 7) is 1.98. The van der Waals surface area contributed by atoms with E-state index in [0.29, 0.717) is 17.6 Å². The Morgan fingerprint density at radius 2 is 1.95 bits per heavy atom. The smallest absolute Gasteiger partial charge is 0.248 e. The normalized spacial score (nSPS) is 10.4. The second kappa shape index (κ2) is 4.85. The van der Waals surface area contributed by atoms with E-state index in [1.807, 2.05) is 37.3 Å². The van der Waals surface area contributed by atoms with Gasteiger partial charge in [-0.15, -0.1) is 5.10 Å². The van der Waals surface area contributed by atoms with Crippen LogP contribution in [0.25, 0.3) is 11.5 Å². The Hall–Kier alpha value is -2.76. The molecule has 0 unspecified atom stereocenters. The fraction of sp³-hybridized carbons (Fsp3) is 0.0769.